The molecule has 1 unspecified atom stereocenters. The van der Waals surface area contributed by atoms with Gasteiger partial charge in [-0.1, -0.05) is 36.1 Å². The molecular formula is C34H37NO5S. The maximum Gasteiger partial charge on any atom is 0.122 e. The molecule has 41 heavy (non-hydrogen) atoms. The summed E-state index contributed by atoms with van der Waals surface area (Å²) < 4.78 is 29.7. The van der Waals surface area contributed by atoms with Crippen LogP contribution in [0.25, 0.3) is 5.57 Å². The lowest BCUT2D eigenvalue weighted by Gasteiger charge is -2.24. The van der Waals surface area contributed by atoms with Gasteiger partial charge in [0.25, 0.3) is 0 Å². The van der Waals surface area contributed by atoms with Gasteiger partial charge >= 0.3 is 0 Å². The van der Waals surface area contributed by atoms with Crippen molar-refractivity contribution in [2.45, 2.75) is 29.9 Å². The highest BCUT2D eigenvalue weighted by molar-refractivity contribution is 7.86. The number of hydrogen-bond acceptors (Lipinski definition) is 6. The maximum atomic E-state index is 12.7. The van der Waals surface area contributed by atoms with Gasteiger partial charge in [-0.3, -0.25) is 9.11 Å². The van der Waals surface area contributed by atoms with Crippen LogP contribution in [-0.2, 0) is 15.5 Å². The highest BCUT2D eigenvalue weighted by Gasteiger charge is 2.29. The third-order valence-electron chi connectivity index (χ3n) is 7.09. The van der Waals surface area contributed by atoms with Gasteiger partial charge in [-0.15, -0.1) is 0 Å². The minimum atomic E-state index is -0.929. The van der Waals surface area contributed by atoms with E-state index >= 15 is 0 Å². The molecule has 1 atom stereocenters. The van der Waals surface area contributed by atoms with Crippen molar-refractivity contribution in [1.29, 1.82) is 0 Å². The van der Waals surface area contributed by atoms with Crippen LogP contribution >= 0.6 is 0 Å². The Morgan fingerprint density at radius 1 is 1.02 bits per heavy atom. The topological polar surface area (TPSA) is 68.2 Å². The van der Waals surface area contributed by atoms with E-state index in [0.29, 0.717) is 11.9 Å². The quantitative estimate of drug-likeness (QED) is 0.333. The molecule has 0 spiro atoms. The Morgan fingerprint density at radius 3 is 2.39 bits per heavy atom. The van der Waals surface area contributed by atoms with Gasteiger partial charge in [0.1, 0.15) is 24.7 Å². The van der Waals surface area contributed by atoms with Crippen molar-refractivity contribution in [3.63, 3.8) is 0 Å². The molecule has 3 aromatic carbocycles. The van der Waals surface area contributed by atoms with E-state index in [1.807, 2.05) is 37.3 Å². The molecule has 0 bridgehead atoms. The second kappa shape index (κ2) is 14.5. The van der Waals surface area contributed by atoms with Crippen LogP contribution in [0.1, 0.15) is 35.1 Å². The van der Waals surface area contributed by atoms with Gasteiger partial charge in [-0.05, 0) is 90.6 Å². The molecule has 1 saturated heterocycles. The lowest BCUT2D eigenvalue weighted by atomic mass is 9.97. The standard InChI is InChI=1S/C34H37NO5S/c1-26-25-30(10-15-34(26)40-24-20-36)39-21-16-33(29-8-11-31(12-9-29)41(37)32-13-14-32)28-6-4-27(5-7-28)3-2-17-35-18-22-38-23-19-35/h4-12,15-16,25,32,36H,13-14,17-24H2,1H3/b33-16+. The van der Waals surface area contributed by atoms with E-state index in [1.165, 1.54) is 0 Å². The van der Waals surface area contributed by atoms with Crippen LogP contribution in [0.15, 0.2) is 77.7 Å². The SMILES string of the molecule is Cc1cc(OC/C=C(\c2ccc(C#CCN3CCOCC3)cc2)c2ccc(S(=O)C3CC3)cc2)ccc1OCCO. The van der Waals surface area contributed by atoms with Crippen LogP contribution in [0.4, 0.5) is 0 Å². The highest BCUT2D eigenvalue weighted by atomic mass is 32.2. The predicted octanol–water partition coefficient (Wildman–Crippen LogP) is 4.83. The average molecular weight is 572 g/mol. The molecule has 1 N–H and O–H groups in total. The number of nitrogens with zero attached hydrogens (tertiary/aromatic N) is 1. The zero-order valence-corrected chi connectivity index (χ0v) is 24.3. The van der Waals surface area contributed by atoms with Gasteiger partial charge in [-0.25, -0.2) is 0 Å². The summed E-state index contributed by atoms with van der Waals surface area (Å²) in [6.45, 7) is 6.73. The molecule has 0 radical (unpaired) electrons. The van der Waals surface area contributed by atoms with Gasteiger partial charge in [0.15, 0.2) is 0 Å². The second-order valence-corrected chi connectivity index (χ2v) is 11.9. The number of aliphatic hydroxyl groups excluding tert-OH is 1. The van der Waals surface area contributed by atoms with Crippen LogP contribution in [0.2, 0.25) is 0 Å². The monoisotopic (exact) mass is 571 g/mol. The van der Waals surface area contributed by atoms with Crippen LogP contribution in [0.3, 0.4) is 0 Å². The smallest absolute Gasteiger partial charge is 0.122 e. The number of morpholine rings is 1. The highest BCUT2D eigenvalue weighted by Crippen LogP contribution is 2.32. The summed E-state index contributed by atoms with van der Waals surface area (Å²) in [6.07, 6.45) is 4.18. The molecule has 1 aliphatic carbocycles. The van der Waals surface area contributed by atoms with Gasteiger partial charge in [-0.2, -0.15) is 0 Å². The molecule has 2 aliphatic rings. The van der Waals surface area contributed by atoms with Gasteiger partial charge in [0.05, 0.1) is 37.2 Å². The van der Waals surface area contributed by atoms with E-state index in [2.05, 4.69) is 59.2 Å². The van der Waals surface area contributed by atoms with Gasteiger partial charge < -0.3 is 19.3 Å². The Balaban J connectivity index is 1.32. The maximum absolute atomic E-state index is 12.7. The number of hydrogen-bond donors (Lipinski definition) is 1. The fourth-order valence-corrected chi connectivity index (χ4v) is 6.00. The second-order valence-electron chi connectivity index (χ2n) is 10.2. The molecule has 6 nitrogen and oxygen atoms in total. The van der Waals surface area contributed by atoms with Crippen LogP contribution in [-0.4, -0.2) is 72.1 Å². The van der Waals surface area contributed by atoms with Crippen molar-refractivity contribution in [3.05, 3.63) is 95.1 Å². The largest absolute Gasteiger partial charge is 0.491 e. The van der Waals surface area contributed by atoms with E-state index in [4.69, 9.17) is 19.3 Å². The Labute approximate surface area is 245 Å². The fourth-order valence-electron chi connectivity index (χ4n) is 4.64. The summed E-state index contributed by atoms with van der Waals surface area (Å²) in [5.41, 5.74) is 5.07. The van der Waals surface area contributed by atoms with Crippen LogP contribution < -0.4 is 9.47 Å². The van der Waals surface area contributed by atoms with Crippen molar-refractivity contribution in [2.75, 3.05) is 52.7 Å². The lowest BCUT2D eigenvalue weighted by molar-refractivity contribution is 0.0443. The van der Waals surface area contributed by atoms with E-state index in [9.17, 15) is 4.21 Å². The van der Waals surface area contributed by atoms with Crippen molar-refractivity contribution in [1.82, 2.24) is 4.90 Å². The predicted molar refractivity (Wildman–Crippen MR) is 163 cm³/mol. The zero-order chi connectivity index (χ0) is 28.4. The van der Waals surface area contributed by atoms with Crippen LogP contribution in [0, 0.1) is 18.8 Å². The molecule has 0 aromatic heterocycles. The van der Waals surface area contributed by atoms with Crippen molar-refractivity contribution in [2.24, 2.45) is 0 Å². The van der Waals surface area contributed by atoms with Crippen molar-refractivity contribution >= 4 is 16.4 Å². The summed E-state index contributed by atoms with van der Waals surface area (Å²) in [7, 11) is -0.929. The summed E-state index contributed by atoms with van der Waals surface area (Å²) in [5, 5.41) is 9.33. The first-order valence-electron chi connectivity index (χ1n) is 14.2. The first-order valence-corrected chi connectivity index (χ1v) is 15.4. The third-order valence-corrected chi connectivity index (χ3v) is 8.91. The molecular weight excluding hydrogens is 534 g/mol. The summed E-state index contributed by atoms with van der Waals surface area (Å²) in [4.78, 5) is 3.19. The average Bonchev–Trinajstić information content (AvgIpc) is 3.86. The lowest BCUT2D eigenvalue weighted by Crippen LogP contribution is -2.36. The van der Waals surface area contributed by atoms with E-state index < -0.39 is 10.8 Å². The summed E-state index contributed by atoms with van der Waals surface area (Å²) in [5.74, 6) is 8.06. The molecule has 1 aliphatic heterocycles. The summed E-state index contributed by atoms with van der Waals surface area (Å²) >= 11 is 0. The van der Waals surface area contributed by atoms with Crippen molar-refractivity contribution < 1.29 is 23.5 Å². The molecule has 5 rings (SSSR count). The molecule has 3 aromatic rings. The zero-order valence-electron chi connectivity index (χ0n) is 23.5. The van der Waals surface area contributed by atoms with Crippen LogP contribution in [0.5, 0.6) is 11.5 Å². The van der Waals surface area contributed by atoms with Crippen molar-refractivity contribution in [3.8, 4) is 23.3 Å². The minimum Gasteiger partial charge on any atom is -0.491 e. The number of aryl methyl sites for hydroxylation is 1. The Bertz CT molecular complexity index is 1410. The van der Waals surface area contributed by atoms with E-state index in [0.717, 1.165) is 89.9 Å². The first-order chi connectivity index (χ1) is 20.1. The molecule has 1 saturated carbocycles. The first kappa shape index (κ1) is 29.1. The minimum absolute atomic E-state index is 0.0231. The number of benzene rings is 3. The van der Waals surface area contributed by atoms with Gasteiger partial charge in [0.2, 0.25) is 0 Å². The number of rotatable bonds is 11. The molecule has 1 heterocycles. The molecule has 214 valence electrons. The van der Waals surface area contributed by atoms with Gasteiger partial charge in [0, 0.05) is 28.8 Å². The molecule has 0 amide bonds. The summed E-state index contributed by atoms with van der Waals surface area (Å²) in [6, 6.07) is 22.1. The number of ether oxygens (including phenoxy) is 3. The fraction of sp³-hybridized carbons (Fsp3) is 0.353. The molecule has 2 fully saturated rings. The Morgan fingerprint density at radius 2 is 1.73 bits per heavy atom. The normalized spacial score (nSPS) is 16.5. The Hall–Kier alpha value is -3.41. The van der Waals surface area contributed by atoms with E-state index in [1.54, 1.807) is 0 Å². The van der Waals surface area contributed by atoms with E-state index in [-0.39, 0.29) is 13.2 Å². The molecule has 7 heteroatoms. The Kier molecular flexibility index (Phi) is 10.3. The number of aliphatic hydroxyl groups is 1. The third kappa shape index (κ3) is 8.31.